The largest absolute Gasteiger partial charge is 0.495 e. The first-order chi connectivity index (χ1) is 13.5. The summed E-state index contributed by atoms with van der Waals surface area (Å²) in [7, 11) is 1.56. The first-order valence-electron chi connectivity index (χ1n) is 9.62. The zero-order valence-electron chi connectivity index (χ0n) is 16.4. The fourth-order valence-corrected chi connectivity index (χ4v) is 3.48. The first-order valence-corrected chi connectivity index (χ1v) is 9.62. The molecular weight excluding hydrogens is 354 g/mol. The van der Waals surface area contributed by atoms with Crippen molar-refractivity contribution in [3.8, 4) is 5.75 Å². The van der Waals surface area contributed by atoms with Gasteiger partial charge in [0.05, 0.1) is 19.3 Å². The van der Waals surface area contributed by atoms with Gasteiger partial charge in [-0.15, -0.1) is 0 Å². The summed E-state index contributed by atoms with van der Waals surface area (Å²) in [5, 5.41) is 5.74. The van der Waals surface area contributed by atoms with E-state index in [0.717, 1.165) is 19.5 Å². The average Bonchev–Trinajstić information content (AvgIpc) is 2.69. The van der Waals surface area contributed by atoms with Crippen LogP contribution in [0.1, 0.15) is 30.1 Å². The van der Waals surface area contributed by atoms with Crippen LogP contribution in [0.4, 0.5) is 11.4 Å². The van der Waals surface area contributed by atoms with Crippen molar-refractivity contribution in [2.45, 2.75) is 19.8 Å². The maximum atomic E-state index is 12.4. The number of ether oxygens (including phenoxy) is 1. The van der Waals surface area contributed by atoms with E-state index in [1.54, 1.807) is 43.5 Å². The minimum Gasteiger partial charge on any atom is -0.495 e. The number of para-hydroxylation sites is 2. The Morgan fingerprint density at radius 1 is 1.11 bits per heavy atom. The number of piperidine rings is 1. The Balaban J connectivity index is 1.55. The second kappa shape index (κ2) is 9.37. The molecule has 148 valence electrons. The molecule has 1 fully saturated rings. The quantitative estimate of drug-likeness (QED) is 0.802. The molecule has 2 N–H and O–H groups in total. The zero-order valence-corrected chi connectivity index (χ0v) is 16.4. The molecule has 1 aliphatic rings. The van der Waals surface area contributed by atoms with E-state index in [2.05, 4.69) is 22.5 Å². The van der Waals surface area contributed by atoms with E-state index in [0.29, 0.717) is 35.2 Å². The molecule has 28 heavy (non-hydrogen) atoms. The Morgan fingerprint density at radius 2 is 1.86 bits per heavy atom. The van der Waals surface area contributed by atoms with Gasteiger partial charge in [0.15, 0.2) is 0 Å². The molecule has 2 aromatic rings. The van der Waals surface area contributed by atoms with Crippen LogP contribution in [0.3, 0.4) is 0 Å². The van der Waals surface area contributed by atoms with Gasteiger partial charge >= 0.3 is 0 Å². The number of carbonyl (C=O) groups excluding carboxylic acids is 2. The highest BCUT2D eigenvalue weighted by atomic mass is 16.5. The number of rotatable bonds is 6. The fourth-order valence-electron chi connectivity index (χ4n) is 3.48. The highest BCUT2D eigenvalue weighted by Crippen LogP contribution is 2.24. The average molecular weight is 381 g/mol. The Hall–Kier alpha value is -2.86. The molecule has 0 aliphatic carbocycles. The lowest BCUT2D eigenvalue weighted by Gasteiger charge is -2.30. The Labute approximate surface area is 165 Å². The zero-order chi connectivity index (χ0) is 19.9. The van der Waals surface area contributed by atoms with E-state index in [9.17, 15) is 9.59 Å². The van der Waals surface area contributed by atoms with E-state index in [-0.39, 0.29) is 11.8 Å². The second-order valence-electron chi connectivity index (χ2n) is 7.26. The first kappa shape index (κ1) is 19.9. The topological polar surface area (TPSA) is 70.7 Å². The predicted octanol–water partition coefficient (Wildman–Crippen LogP) is 3.62. The second-order valence-corrected chi connectivity index (χ2v) is 7.26. The maximum Gasteiger partial charge on any atom is 0.255 e. The van der Waals surface area contributed by atoms with Crippen molar-refractivity contribution in [2.24, 2.45) is 5.92 Å². The molecule has 6 heteroatoms. The van der Waals surface area contributed by atoms with Gasteiger partial charge in [0, 0.05) is 17.8 Å². The van der Waals surface area contributed by atoms with E-state index < -0.39 is 0 Å². The van der Waals surface area contributed by atoms with Crippen molar-refractivity contribution >= 4 is 23.2 Å². The molecule has 1 saturated heterocycles. The number of benzene rings is 2. The van der Waals surface area contributed by atoms with Crippen molar-refractivity contribution in [1.82, 2.24) is 4.90 Å². The Kier molecular flexibility index (Phi) is 6.66. The van der Waals surface area contributed by atoms with Crippen molar-refractivity contribution < 1.29 is 14.3 Å². The number of amides is 2. The van der Waals surface area contributed by atoms with Gasteiger partial charge in [-0.05, 0) is 61.7 Å². The SMILES string of the molecule is COc1ccccc1NC(=O)c1ccc(NC(=O)CN2CCC[C@@H](C)C2)cc1. The molecule has 0 radical (unpaired) electrons. The van der Waals surface area contributed by atoms with Gasteiger partial charge in [-0.3, -0.25) is 14.5 Å². The third kappa shape index (κ3) is 5.33. The van der Waals surface area contributed by atoms with E-state index >= 15 is 0 Å². The minimum absolute atomic E-state index is 0.0275. The highest BCUT2D eigenvalue weighted by Gasteiger charge is 2.18. The third-order valence-corrected chi connectivity index (χ3v) is 4.89. The standard InChI is InChI=1S/C22H27N3O3/c1-16-6-5-13-25(14-16)15-21(26)23-18-11-9-17(10-12-18)22(27)24-19-7-3-4-8-20(19)28-2/h3-4,7-12,16H,5-6,13-15H2,1-2H3,(H,23,26)(H,24,27)/t16-/m1/s1. The number of methoxy groups -OCH3 is 1. The van der Waals surface area contributed by atoms with Crippen molar-refractivity contribution in [2.75, 3.05) is 37.4 Å². The maximum absolute atomic E-state index is 12.4. The number of carbonyl (C=O) groups is 2. The molecule has 0 bridgehead atoms. The minimum atomic E-state index is -0.232. The van der Waals surface area contributed by atoms with Crippen LogP contribution in [0, 0.1) is 5.92 Å². The molecule has 1 aliphatic heterocycles. The third-order valence-electron chi connectivity index (χ3n) is 4.89. The van der Waals surface area contributed by atoms with E-state index in [4.69, 9.17) is 4.74 Å². The van der Waals surface area contributed by atoms with Crippen molar-refractivity contribution in [1.29, 1.82) is 0 Å². The molecule has 1 heterocycles. The van der Waals surface area contributed by atoms with Gasteiger partial charge < -0.3 is 15.4 Å². The number of nitrogens with one attached hydrogen (secondary N) is 2. The molecule has 1 atom stereocenters. The van der Waals surface area contributed by atoms with Crippen LogP contribution in [-0.4, -0.2) is 43.5 Å². The molecule has 0 unspecified atom stereocenters. The van der Waals surface area contributed by atoms with E-state index in [1.165, 1.54) is 6.42 Å². The van der Waals surface area contributed by atoms with Crippen LogP contribution in [0.2, 0.25) is 0 Å². The lowest BCUT2D eigenvalue weighted by atomic mass is 10.0. The lowest BCUT2D eigenvalue weighted by Crippen LogP contribution is -2.39. The number of hydrogen-bond donors (Lipinski definition) is 2. The molecule has 2 aromatic carbocycles. The van der Waals surface area contributed by atoms with Gasteiger partial charge in [-0.2, -0.15) is 0 Å². The fraction of sp³-hybridized carbons (Fsp3) is 0.364. The van der Waals surface area contributed by atoms with Crippen LogP contribution in [0.15, 0.2) is 48.5 Å². The van der Waals surface area contributed by atoms with Gasteiger partial charge in [-0.25, -0.2) is 0 Å². The number of anilines is 2. The molecular formula is C22H27N3O3. The molecule has 2 amide bonds. The van der Waals surface area contributed by atoms with Crippen molar-refractivity contribution in [3.05, 3.63) is 54.1 Å². The summed E-state index contributed by atoms with van der Waals surface area (Å²) in [4.78, 5) is 26.9. The molecule has 0 aromatic heterocycles. The molecule has 0 saturated carbocycles. The van der Waals surface area contributed by atoms with Gasteiger partial charge in [0.25, 0.3) is 5.91 Å². The van der Waals surface area contributed by atoms with Crippen molar-refractivity contribution in [3.63, 3.8) is 0 Å². The predicted molar refractivity (Wildman–Crippen MR) is 111 cm³/mol. The van der Waals surface area contributed by atoms with Crippen LogP contribution in [0.25, 0.3) is 0 Å². The summed E-state index contributed by atoms with van der Waals surface area (Å²) in [6, 6.07) is 14.1. The summed E-state index contributed by atoms with van der Waals surface area (Å²) in [5.41, 5.74) is 1.81. The monoisotopic (exact) mass is 381 g/mol. The molecule has 3 rings (SSSR count). The smallest absolute Gasteiger partial charge is 0.255 e. The van der Waals surface area contributed by atoms with Crippen LogP contribution in [-0.2, 0) is 4.79 Å². The van der Waals surface area contributed by atoms with Crippen LogP contribution >= 0.6 is 0 Å². The van der Waals surface area contributed by atoms with Crippen LogP contribution in [0.5, 0.6) is 5.75 Å². The Bertz CT molecular complexity index is 820. The highest BCUT2D eigenvalue weighted by molar-refractivity contribution is 6.05. The van der Waals surface area contributed by atoms with Crippen LogP contribution < -0.4 is 15.4 Å². The van der Waals surface area contributed by atoms with E-state index in [1.807, 2.05) is 12.1 Å². The van der Waals surface area contributed by atoms with Gasteiger partial charge in [0.2, 0.25) is 5.91 Å². The summed E-state index contributed by atoms with van der Waals surface area (Å²) in [6.45, 7) is 4.56. The Morgan fingerprint density at radius 3 is 2.57 bits per heavy atom. The molecule has 6 nitrogen and oxygen atoms in total. The molecule has 0 spiro atoms. The summed E-state index contributed by atoms with van der Waals surface area (Å²) in [6.07, 6.45) is 2.38. The van der Waals surface area contributed by atoms with Gasteiger partial charge in [-0.1, -0.05) is 19.1 Å². The lowest BCUT2D eigenvalue weighted by molar-refractivity contribution is -0.117. The summed E-state index contributed by atoms with van der Waals surface area (Å²) >= 11 is 0. The normalized spacial score (nSPS) is 17.0. The summed E-state index contributed by atoms with van der Waals surface area (Å²) < 4.78 is 5.25. The number of hydrogen-bond acceptors (Lipinski definition) is 4. The summed E-state index contributed by atoms with van der Waals surface area (Å²) in [5.74, 6) is 0.986. The number of likely N-dealkylation sites (tertiary alicyclic amines) is 1. The number of nitrogens with zero attached hydrogens (tertiary/aromatic N) is 1. The van der Waals surface area contributed by atoms with Gasteiger partial charge in [0.1, 0.15) is 5.75 Å².